The monoisotopic (exact) mass is 363 g/mol. The van der Waals surface area contributed by atoms with Gasteiger partial charge in [-0.2, -0.15) is 0 Å². The summed E-state index contributed by atoms with van der Waals surface area (Å²) in [5.41, 5.74) is 0.601. The van der Waals surface area contributed by atoms with Gasteiger partial charge in [0, 0.05) is 19.5 Å². The van der Waals surface area contributed by atoms with Crippen molar-refractivity contribution in [3.63, 3.8) is 0 Å². The van der Waals surface area contributed by atoms with E-state index in [1.165, 1.54) is 6.92 Å². The van der Waals surface area contributed by atoms with E-state index in [1.807, 2.05) is 6.92 Å². The first kappa shape index (κ1) is 20.0. The van der Waals surface area contributed by atoms with E-state index >= 15 is 0 Å². The van der Waals surface area contributed by atoms with Crippen LogP contribution in [0.2, 0.25) is 0 Å². The maximum Gasteiger partial charge on any atom is 0.241 e. The van der Waals surface area contributed by atoms with Gasteiger partial charge in [0.2, 0.25) is 11.8 Å². The molecule has 1 aliphatic heterocycles. The number of carbonyl (C=O) groups excluding carboxylic acids is 2. The third-order valence-corrected chi connectivity index (χ3v) is 4.88. The zero-order valence-electron chi connectivity index (χ0n) is 16.0. The van der Waals surface area contributed by atoms with Crippen molar-refractivity contribution in [2.75, 3.05) is 39.2 Å². The molecule has 0 radical (unpaired) electrons. The molecular weight excluding hydrogens is 334 g/mol. The summed E-state index contributed by atoms with van der Waals surface area (Å²) in [4.78, 5) is 25.9. The van der Waals surface area contributed by atoms with Crippen LogP contribution in [0.25, 0.3) is 0 Å². The predicted octanol–water partition coefficient (Wildman–Crippen LogP) is 1.88. The van der Waals surface area contributed by atoms with E-state index in [0.29, 0.717) is 29.6 Å². The van der Waals surface area contributed by atoms with E-state index in [9.17, 15) is 9.59 Å². The molecule has 1 aliphatic rings. The molecule has 1 fully saturated rings. The SMILES string of the molecule is COc1ccc(OC)c(NC(=O)C(C)N2CCC(CNC(C)=O)CC2)c1. The van der Waals surface area contributed by atoms with Gasteiger partial charge in [-0.05, 0) is 50.9 Å². The summed E-state index contributed by atoms with van der Waals surface area (Å²) in [5.74, 6) is 1.67. The molecule has 1 aromatic rings. The van der Waals surface area contributed by atoms with Gasteiger partial charge in [-0.25, -0.2) is 0 Å². The minimum absolute atomic E-state index is 0.00686. The number of carbonyl (C=O) groups is 2. The Bertz CT molecular complexity index is 627. The third kappa shape index (κ3) is 5.36. The molecule has 1 heterocycles. The van der Waals surface area contributed by atoms with Gasteiger partial charge in [0.1, 0.15) is 11.5 Å². The normalized spacial score (nSPS) is 16.6. The first-order valence-electron chi connectivity index (χ1n) is 8.96. The minimum atomic E-state index is -0.243. The van der Waals surface area contributed by atoms with Crippen molar-refractivity contribution in [3.8, 4) is 11.5 Å². The summed E-state index contributed by atoms with van der Waals surface area (Å²) in [6.07, 6.45) is 1.95. The van der Waals surface area contributed by atoms with Crippen LogP contribution < -0.4 is 20.1 Å². The molecule has 0 saturated carbocycles. The van der Waals surface area contributed by atoms with Gasteiger partial charge in [-0.1, -0.05) is 0 Å². The second-order valence-corrected chi connectivity index (χ2v) is 6.65. The van der Waals surface area contributed by atoms with E-state index in [4.69, 9.17) is 9.47 Å². The van der Waals surface area contributed by atoms with Crippen LogP contribution in [0.1, 0.15) is 26.7 Å². The minimum Gasteiger partial charge on any atom is -0.497 e. The van der Waals surface area contributed by atoms with Gasteiger partial charge in [-0.15, -0.1) is 0 Å². The highest BCUT2D eigenvalue weighted by Crippen LogP contribution is 2.29. The Morgan fingerprint density at radius 2 is 1.92 bits per heavy atom. The number of rotatable bonds is 7. The van der Waals surface area contributed by atoms with Crippen molar-refractivity contribution in [2.24, 2.45) is 5.92 Å². The van der Waals surface area contributed by atoms with Crippen LogP contribution >= 0.6 is 0 Å². The molecule has 1 saturated heterocycles. The lowest BCUT2D eigenvalue weighted by atomic mass is 9.95. The standard InChI is InChI=1S/C19H29N3O4/c1-13(22-9-7-15(8-10-22)12-20-14(2)23)19(24)21-17-11-16(25-3)5-6-18(17)26-4/h5-6,11,13,15H,7-10,12H2,1-4H3,(H,20,23)(H,21,24). The second kappa shape index (κ2) is 9.43. The molecule has 0 aliphatic carbocycles. The summed E-state index contributed by atoms with van der Waals surface area (Å²) in [6.45, 7) is 5.84. The van der Waals surface area contributed by atoms with Gasteiger partial charge in [0.25, 0.3) is 0 Å². The van der Waals surface area contributed by atoms with Crippen LogP contribution in [0.5, 0.6) is 11.5 Å². The number of amides is 2. The number of ether oxygens (including phenoxy) is 2. The first-order valence-corrected chi connectivity index (χ1v) is 8.96. The number of nitrogens with zero attached hydrogens (tertiary/aromatic N) is 1. The largest absolute Gasteiger partial charge is 0.497 e. The Hall–Kier alpha value is -2.28. The number of likely N-dealkylation sites (tertiary alicyclic amines) is 1. The van der Waals surface area contributed by atoms with E-state index in [0.717, 1.165) is 25.9 Å². The second-order valence-electron chi connectivity index (χ2n) is 6.65. The maximum absolute atomic E-state index is 12.7. The van der Waals surface area contributed by atoms with E-state index < -0.39 is 0 Å². The number of piperidine rings is 1. The number of benzene rings is 1. The van der Waals surface area contributed by atoms with E-state index in [2.05, 4.69) is 15.5 Å². The Labute approximate surface area is 155 Å². The van der Waals surface area contributed by atoms with Crippen molar-refractivity contribution in [1.82, 2.24) is 10.2 Å². The number of hydrogen-bond acceptors (Lipinski definition) is 5. The van der Waals surface area contributed by atoms with E-state index in [-0.39, 0.29) is 17.9 Å². The van der Waals surface area contributed by atoms with Gasteiger partial charge < -0.3 is 20.1 Å². The van der Waals surface area contributed by atoms with Crippen molar-refractivity contribution in [2.45, 2.75) is 32.7 Å². The van der Waals surface area contributed by atoms with Crippen molar-refractivity contribution < 1.29 is 19.1 Å². The summed E-state index contributed by atoms with van der Waals surface area (Å²) >= 11 is 0. The fourth-order valence-corrected chi connectivity index (χ4v) is 3.15. The lowest BCUT2D eigenvalue weighted by Crippen LogP contribution is -2.47. The molecule has 2 rings (SSSR count). The number of nitrogens with one attached hydrogen (secondary N) is 2. The molecule has 1 aromatic carbocycles. The van der Waals surface area contributed by atoms with Gasteiger partial charge >= 0.3 is 0 Å². The number of hydrogen-bond donors (Lipinski definition) is 2. The van der Waals surface area contributed by atoms with Gasteiger partial charge in [-0.3, -0.25) is 14.5 Å². The highest BCUT2D eigenvalue weighted by atomic mass is 16.5. The highest BCUT2D eigenvalue weighted by molar-refractivity contribution is 5.96. The summed E-state index contributed by atoms with van der Waals surface area (Å²) in [5, 5.41) is 5.82. The fraction of sp³-hybridized carbons (Fsp3) is 0.579. The van der Waals surface area contributed by atoms with Crippen LogP contribution in [0.3, 0.4) is 0 Å². The third-order valence-electron chi connectivity index (χ3n) is 4.88. The average molecular weight is 363 g/mol. The van der Waals surface area contributed by atoms with Crippen LogP contribution in [0, 0.1) is 5.92 Å². The van der Waals surface area contributed by atoms with Crippen LogP contribution in [0.4, 0.5) is 5.69 Å². The Morgan fingerprint density at radius 3 is 2.50 bits per heavy atom. The van der Waals surface area contributed by atoms with Crippen molar-refractivity contribution in [3.05, 3.63) is 18.2 Å². The Balaban J connectivity index is 1.91. The zero-order chi connectivity index (χ0) is 19.1. The average Bonchev–Trinajstić information content (AvgIpc) is 2.66. The molecule has 2 N–H and O–H groups in total. The smallest absolute Gasteiger partial charge is 0.241 e. The van der Waals surface area contributed by atoms with Crippen LogP contribution in [-0.4, -0.2) is 56.6 Å². The van der Waals surface area contributed by atoms with Crippen molar-refractivity contribution >= 4 is 17.5 Å². The topological polar surface area (TPSA) is 79.9 Å². The van der Waals surface area contributed by atoms with Crippen LogP contribution in [0.15, 0.2) is 18.2 Å². The van der Waals surface area contributed by atoms with Gasteiger partial charge in [0.15, 0.2) is 0 Å². The molecule has 0 aromatic heterocycles. The molecule has 26 heavy (non-hydrogen) atoms. The molecule has 0 spiro atoms. The quantitative estimate of drug-likeness (QED) is 0.773. The lowest BCUT2D eigenvalue weighted by Gasteiger charge is -2.35. The van der Waals surface area contributed by atoms with Gasteiger partial charge in [0.05, 0.1) is 25.9 Å². The maximum atomic E-state index is 12.7. The lowest BCUT2D eigenvalue weighted by molar-refractivity contribution is -0.121. The predicted molar refractivity (Wildman–Crippen MR) is 101 cm³/mol. The van der Waals surface area contributed by atoms with Crippen LogP contribution in [-0.2, 0) is 9.59 Å². The molecule has 1 unspecified atom stereocenters. The molecule has 0 bridgehead atoms. The molecule has 144 valence electrons. The molecule has 2 amide bonds. The zero-order valence-corrected chi connectivity index (χ0v) is 16.0. The molecule has 7 nitrogen and oxygen atoms in total. The summed E-state index contributed by atoms with van der Waals surface area (Å²) in [7, 11) is 3.15. The Morgan fingerprint density at radius 1 is 1.23 bits per heavy atom. The van der Waals surface area contributed by atoms with Crippen molar-refractivity contribution in [1.29, 1.82) is 0 Å². The highest BCUT2D eigenvalue weighted by Gasteiger charge is 2.27. The summed E-state index contributed by atoms with van der Waals surface area (Å²) in [6, 6.07) is 5.07. The summed E-state index contributed by atoms with van der Waals surface area (Å²) < 4.78 is 10.5. The number of methoxy groups -OCH3 is 2. The molecule has 1 atom stereocenters. The first-order chi connectivity index (χ1) is 12.4. The molecular formula is C19H29N3O4. The van der Waals surface area contributed by atoms with E-state index in [1.54, 1.807) is 32.4 Å². The fourth-order valence-electron chi connectivity index (χ4n) is 3.15. The number of anilines is 1. The molecule has 7 heteroatoms. The Kier molecular flexibility index (Phi) is 7.26.